The van der Waals surface area contributed by atoms with Crippen LogP contribution in [0.5, 0.6) is 0 Å². The third-order valence-corrected chi connectivity index (χ3v) is 6.95. The van der Waals surface area contributed by atoms with Gasteiger partial charge in [-0.25, -0.2) is 0 Å². The van der Waals surface area contributed by atoms with Crippen LogP contribution in [-0.4, -0.2) is 47.3 Å². The predicted molar refractivity (Wildman–Crippen MR) is 139 cm³/mol. The van der Waals surface area contributed by atoms with E-state index in [-0.39, 0.29) is 12.0 Å². The minimum atomic E-state index is -0.885. The Morgan fingerprint density at radius 2 is 1.20 bits per heavy atom. The zero-order valence-electron chi connectivity index (χ0n) is 20.1. The highest BCUT2D eigenvalue weighted by molar-refractivity contribution is 7.99. The summed E-state index contributed by atoms with van der Waals surface area (Å²) in [7, 11) is 0. The monoisotopic (exact) mass is 494 g/mol. The largest absolute Gasteiger partial charge is 0.387 e. The van der Waals surface area contributed by atoms with Gasteiger partial charge in [0.05, 0.1) is 26.4 Å². The molecule has 3 aromatic rings. The number of hydrogen-bond donors (Lipinski definition) is 1. The Labute approximate surface area is 212 Å². The second-order valence-corrected chi connectivity index (χ2v) is 9.89. The van der Waals surface area contributed by atoms with Gasteiger partial charge >= 0.3 is 0 Å². The summed E-state index contributed by atoms with van der Waals surface area (Å²) in [6, 6.07) is 30.0. The molecular formula is C29H34O5S. The van der Waals surface area contributed by atoms with Crippen molar-refractivity contribution in [2.75, 3.05) is 12.4 Å². The fraction of sp³-hybridized carbons (Fsp3) is 0.379. The van der Waals surface area contributed by atoms with Gasteiger partial charge in [-0.1, -0.05) is 97.9 Å². The molecule has 1 N–H and O–H groups in total. The molecule has 1 heterocycles. The molecule has 5 atom stereocenters. The lowest BCUT2D eigenvalue weighted by Crippen LogP contribution is -2.59. The van der Waals surface area contributed by atoms with Gasteiger partial charge < -0.3 is 24.1 Å². The standard InChI is InChI=1S/C29H34O5S/c1-2-35-29-28(33-20-24-16-10-5-11-17-24)27(32-19-23-14-8-4-9-15-23)26(30)25(34-29)21-31-18-22-12-6-3-7-13-22/h3-17,25-30H,2,18-21H2,1H3/t25?,26-,27?,28?,29-/m0/s1. The highest BCUT2D eigenvalue weighted by atomic mass is 32.2. The molecule has 0 aromatic heterocycles. The average Bonchev–Trinajstić information content (AvgIpc) is 2.90. The normalized spacial score (nSPS) is 24.3. The van der Waals surface area contributed by atoms with Gasteiger partial charge in [0.2, 0.25) is 0 Å². The van der Waals surface area contributed by atoms with E-state index < -0.39 is 24.4 Å². The Kier molecular flexibility index (Phi) is 10.2. The van der Waals surface area contributed by atoms with Crippen LogP contribution in [0.4, 0.5) is 0 Å². The van der Waals surface area contributed by atoms with Crippen LogP contribution in [-0.2, 0) is 38.8 Å². The number of hydrogen-bond acceptors (Lipinski definition) is 6. The van der Waals surface area contributed by atoms with Gasteiger partial charge in [-0.2, -0.15) is 0 Å². The summed E-state index contributed by atoms with van der Waals surface area (Å²) in [6.45, 7) is 3.63. The lowest BCUT2D eigenvalue weighted by molar-refractivity contribution is -0.240. The van der Waals surface area contributed by atoms with Crippen molar-refractivity contribution in [3.8, 4) is 0 Å². The zero-order chi connectivity index (χ0) is 24.3. The Morgan fingerprint density at radius 1 is 0.714 bits per heavy atom. The van der Waals surface area contributed by atoms with Crippen LogP contribution in [0.2, 0.25) is 0 Å². The van der Waals surface area contributed by atoms with E-state index >= 15 is 0 Å². The molecule has 0 aliphatic carbocycles. The van der Waals surface area contributed by atoms with E-state index in [4.69, 9.17) is 18.9 Å². The van der Waals surface area contributed by atoms with E-state index in [9.17, 15) is 5.11 Å². The van der Waals surface area contributed by atoms with Crippen molar-refractivity contribution in [2.45, 2.75) is 56.6 Å². The number of benzene rings is 3. The molecule has 0 radical (unpaired) electrons. The van der Waals surface area contributed by atoms with E-state index in [2.05, 4.69) is 6.92 Å². The highest BCUT2D eigenvalue weighted by Crippen LogP contribution is 2.33. The Bertz CT molecular complexity index is 972. The van der Waals surface area contributed by atoms with Gasteiger partial charge in [-0.3, -0.25) is 0 Å². The van der Waals surface area contributed by atoms with Gasteiger partial charge in [0.25, 0.3) is 0 Å². The Balaban J connectivity index is 1.47. The first-order valence-electron chi connectivity index (χ1n) is 12.1. The van der Waals surface area contributed by atoms with Crippen LogP contribution in [0.25, 0.3) is 0 Å². The molecule has 4 rings (SSSR count). The molecule has 0 spiro atoms. The third-order valence-electron chi connectivity index (χ3n) is 5.91. The summed E-state index contributed by atoms with van der Waals surface area (Å²) in [5.41, 5.74) is 2.92. The lowest BCUT2D eigenvalue weighted by atomic mass is 9.99. The minimum absolute atomic E-state index is 0.271. The number of thioether (sulfide) groups is 1. The molecule has 1 fully saturated rings. The van der Waals surface area contributed by atoms with Gasteiger partial charge in [-0.15, -0.1) is 11.8 Å². The maximum Gasteiger partial charge on any atom is 0.132 e. The summed E-state index contributed by atoms with van der Waals surface area (Å²) in [5.74, 6) is 0.856. The van der Waals surface area contributed by atoms with Crippen molar-refractivity contribution < 1.29 is 24.1 Å². The van der Waals surface area contributed by atoms with E-state index in [0.29, 0.717) is 19.8 Å². The second kappa shape index (κ2) is 13.8. The predicted octanol–water partition coefficient (Wildman–Crippen LogP) is 5.21. The van der Waals surface area contributed by atoms with Gasteiger partial charge in [-0.05, 0) is 22.4 Å². The first kappa shape index (κ1) is 25.9. The van der Waals surface area contributed by atoms with Crippen LogP contribution in [0, 0.1) is 0 Å². The van der Waals surface area contributed by atoms with E-state index in [0.717, 1.165) is 22.4 Å². The summed E-state index contributed by atoms with van der Waals surface area (Å²) >= 11 is 1.66. The summed E-state index contributed by atoms with van der Waals surface area (Å²) in [6.07, 6.45) is -2.38. The quantitative estimate of drug-likeness (QED) is 0.373. The molecule has 0 bridgehead atoms. The molecule has 0 amide bonds. The SMILES string of the molecule is CCS[C@@H]1OC(COCc2ccccc2)[C@H](O)C(OCc2ccccc2)C1OCc1ccccc1. The van der Waals surface area contributed by atoms with E-state index in [1.807, 2.05) is 91.0 Å². The fourth-order valence-corrected chi connectivity index (χ4v) is 5.07. The molecule has 3 unspecified atom stereocenters. The van der Waals surface area contributed by atoms with Gasteiger partial charge in [0.15, 0.2) is 0 Å². The number of aliphatic hydroxyl groups is 1. The molecule has 5 nitrogen and oxygen atoms in total. The van der Waals surface area contributed by atoms with Crippen molar-refractivity contribution in [3.05, 3.63) is 108 Å². The first-order valence-corrected chi connectivity index (χ1v) is 13.2. The second-order valence-electron chi connectivity index (χ2n) is 8.51. The summed E-state index contributed by atoms with van der Waals surface area (Å²) in [4.78, 5) is 0. The highest BCUT2D eigenvalue weighted by Gasteiger charge is 2.47. The van der Waals surface area contributed by atoms with Crippen molar-refractivity contribution in [2.24, 2.45) is 0 Å². The lowest BCUT2D eigenvalue weighted by Gasteiger charge is -2.44. The van der Waals surface area contributed by atoms with Crippen molar-refractivity contribution in [1.29, 1.82) is 0 Å². The number of aliphatic hydroxyl groups excluding tert-OH is 1. The van der Waals surface area contributed by atoms with Crippen LogP contribution >= 0.6 is 11.8 Å². The van der Waals surface area contributed by atoms with Crippen molar-refractivity contribution >= 4 is 11.8 Å². The molecule has 186 valence electrons. The maximum absolute atomic E-state index is 11.3. The Hall–Kier alpha value is -2.19. The topological polar surface area (TPSA) is 57.2 Å². The number of ether oxygens (including phenoxy) is 4. The van der Waals surface area contributed by atoms with Crippen LogP contribution < -0.4 is 0 Å². The molecule has 1 saturated heterocycles. The molecule has 35 heavy (non-hydrogen) atoms. The third kappa shape index (κ3) is 7.64. The van der Waals surface area contributed by atoms with E-state index in [1.54, 1.807) is 11.8 Å². The minimum Gasteiger partial charge on any atom is -0.387 e. The molecule has 1 aliphatic heterocycles. The smallest absolute Gasteiger partial charge is 0.132 e. The molecule has 0 saturated carbocycles. The Morgan fingerprint density at radius 3 is 1.71 bits per heavy atom. The van der Waals surface area contributed by atoms with Gasteiger partial charge in [0, 0.05) is 0 Å². The van der Waals surface area contributed by atoms with Crippen molar-refractivity contribution in [1.82, 2.24) is 0 Å². The molecule has 3 aromatic carbocycles. The average molecular weight is 495 g/mol. The molecule has 6 heteroatoms. The maximum atomic E-state index is 11.3. The van der Waals surface area contributed by atoms with Crippen LogP contribution in [0.15, 0.2) is 91.0 Å². The van der Waals surface area contributed by atoms with Crippen LogP contribution in [0.1, 0.15) is 23.6 Å². The zero-order valence-corrected chi connectivity index (χ0v) is 20.9. The molecule has 1 aliphatic rings. The summed E-state index contributed by atoms with van der Waals surface area (Å²) in [5, 5.41) is 11.3. The van der Waals surface area contributed by atoms with Gasteiger partial charge in [0.1, 0.15) is 29.9 Å². The first-order chi connectivity index (χ1) is 17.2. The fourth-order valence-electron chi connectivity index (χ4n) is 4.09. The number of rotatable bonds is 12. The molecular weight excluding hydrogens is 460 g/mol. The summed E-state index contributed by atoms with van der Waals surface area (Å²) < 4.78 is 25.0. The van der Waals surface area contributed by atoms with Crippen molar-refractivity contribution in [3.63, 3.8) is 0 Å². The van der Waals surface area contributed by atoms with E-state index in [1.165, 1.54) is 0 Å². The van der Waals surface area contributed by atoms with Crippen LogP contribution in [0.3, 0.4) is 0 Å².